The van der Waals surface area contributed by atoms with Gasteiger partial charge in [-0.05, 0) is 46.3 Å². The quantitative estimate of drug-likeness (QED) is 0.631. The van der Waals surface area contributed by atoms with Gasteiger partial charge in [-0.15, -0.1) is 0 Å². The van der Waals surface area contributed by atoms with Crippen molar-refractivity contribution in [1.29, 1.82) is 5.26 Å². The first-order chi connectivity index (χ1) is 9.33. The van der Waals surface area contributed by atoms with Crippen molar-refractivity contribution in [2.45, 2.75) is 46.1 Å². The minimum absolute atomic E-state index is 0.399. The van der Waals surface area contributed by atoms with E-state index in [1.54, 1.807) is 0 Å². The molecule has 0 heterocycles. The molecule has 1 unspecified atom stereocenters. The number of nitrogens with zero attached hydrogens (tertiary/aromatic N) is 3. The number of hydrogen-bond donors (Lipinski definition) is 1. The molecule has 0 aliphatic rings. The summed E-state index contributed by atoms with van der Waals surface area (Å²) in [7, 11) is 4.21. The topological polar surface area (TPSA) is 42.3 Å². The van der Waals surface area contributed by atoms with E-state index in [2.05, 4.69) is 56.1 Å². The molecule has 20 heavy (non-hydrogen) atoms. The Morgan fingerprint density at radius 3 is 2.30 bits per heavy atom. The normalized spacial score (nSPS) is 14.8. The van der Waals surface area contributed by atoms with Crippen molar-refractivity contribution in [3.63, 3.8) is 0 Å². The van der Waals surface area contributed by atoms with Crippen LogP contribution in [0.4, 0.5) is 0 Å². The van der Waals surface area contributed by atoms with E-state index in [9.17, 15) is 5.26 Å². The van der Waals surface area contributed by atoms with Gasteiger partial charge in [0.15, 0.2) is 0 Å². The summed E-state index contributed by atoms with van der Waals surface area (Å²) in [6.45, 7) is 13.8. The van der Waals surface area contributed by atoms with Gasteiger partial charge in [0.25, 0.3) is 0 Å². The van der Waals surface area contributed by atoms with E-state index in [0.717, 1.165) is 45.6 Å². The van der Waals surface area contributed by atoms with Gasteiger partial charge < -0.3 is 9.80 Å². The second kappa shape index (κ2) is 10.1. The van der Waals surface area contributed by atoms with Crippen molar-refractivity contribution in [3.8, 4) is 6.07 Å². The van der Waals surface area contributed by atoms with Crippen LogP contribution in [0.15, 0.2) is 0 Å². The van der Waals surface area contributed by atoms with Crippen molar-refractivity contribution in [2.24, 2.45) is 5.92 Å². The summed E-state index contributed by atoms with van der Waals surface area (Å²) >= 11 is 0. The highest BCUT2D eigenvalue weighted by Crippen LogP contribution is 2.11. The Morgan fingerprint density at radius 2 is 1.85 bits per heavy atom. The molecule has 0 saturated carbocycles. The average molecular weight is 282 g/mol. The zero-order chi connectivity index (χ0) is 15.6. The third kappa shape index (κ3) is 9.30. The molecule has 0 aliphatic heterocycles. The number of nitriles is 1. The van der Waals surface area contributed by atoms with Crippen molar-refractivity contribution in [3.05, 3.63) is 0 Å². The summed E-state index contributed by atoms with van der Waals surface area (Å²) in [5.74, 6) is 0.661. The van der Waals surface area contributed by atoms with E-state index in [4.69, 9.17) is 0 Å². The van der Waals surface area contributed by atoms with Gasteiger partial charge in [0.1, 0.15) is 5.54 Å². The second-order valence-corrected chi connectivity index (χ2v) is 6.62. The lowest BCUT2D eigenvalue weighted by atomic mass is 9.99. The fraction of sp³-hybridized carbons (Fsp3) is 0.938. The fourth-order valence-electron chi connectivity index (χ4n) is 2.12. The van der Waals surface area contributed by atoms with Gasteiger partial charge in [-0.1, -0.05) is 20.8 Å². The van der Waals surface area contributed by atoms with E-state index in [1.165, 1.54) is 0 Å². The lowest BCUT2D eigenvalue weighted by Crippen LogP contribution is -2.45. The van der Waals surface area contributed by atoms with Gasteiger partial charge >= 0.3 is 0 Å². The third-order valence-corrected chi connectivity index (χ3v) is 3.43. The number of hydrogen-bond acceptors (Lipinski definition) is 4. The molecule has 0 saturated heterocycles. The van der Waals surface area contributed by atoms with E-state index >= 15 is 0 Å². The number of nitrogens with one attached hydrogen (secondary N) is 1. The zero-order valence-electron chi connectivity index (χ0n) is 14.4. The average Bonchev–Trinajstić information content (AvgIpc) is 2.39. The molecule has 0 fully saturated rings. The SMILES string of the molecule is CCCNC(C)(C#N)CCN(CCN(C)C)CC(C)C. The molecule has 0 amide bonds. The fourth-order valence-corrected chi connectivity index (χ4v) is 2.12. The van der Waals surface area contributed by atoms with Crippen LogP contribution in [0.1, 0.15) is 40.5 Å². The molecule has 118 valence electrons. The van der Waals surface area contributed by atoms with Gasteiger partial charge in [0.2, 0.25) is 0 Å². The molecule has 0 spiro atoms. The smallest absolute Gasteiger partial charge is 0.105 e. The van der Waals surface area contributed by atoms with Gasteiger partial charge in [0.05, 0.1) is 6.07 Å². The van der Waals surface area contributed by atoms with Crippen LogP contribution in [0.3, 0.4) is 0 Å². The molecule has 0 aromatic rings. The van der Waals surface area contributed by atoms with Gasteiger partial charge in [-0.25, -0.2) is 0 Å². The largest absolute Gasteiger partial charge is 0.308 e. The van der Waals surface area contributed by atoms with Crippen LogP contribution in [0.5, 0.6) is 0 Å². The van der Waals surface area contributed by atoms with E-state index in [1.807, 2.05) is 6.92 Å². The Bertz CT molecular complexity index is 283. The maximum atomic E-state index is 9.39. The van der Waals surface area contributed by atoms with Crippen molar-refractivity contribution in [1.82, 2.24) is 15.1 Å². The summed E-state index contributed by atoms with van der Waals surface area (Å²) in [6, 6.07) is 2.44. The van der Waals surface area contributed by atoms with Crippen LogP contribution in [0.2, 0.25) is 0 Å². The first-order valence-electron chi connectivity index (χ1n) is 7.86. The molecular formula is C16H34N4. The molecule has 0 aromatic heterocycles. The molecule has 0 rings (SSSR count). The summed E-state index contributed by atoms with van der Waals surface area (Å²) in [5, 5.41) is 12.8. The Morgan fingerprint density at radius 1 is 1.20 bits per heavy atom. The molecule has 1 N–H and O–H groups in total. The van der Waals surface area contributed by atoms with Gasteiger partial charge in [-0.2, -0.15) is 5.26 Å². The molecule has 0 aliphatic carbocycles. The van der Waals surface area contributed by atoms with Crippen molar-refractivity contribution < 1.29 is 0 Å². The van der Waals surface area contributed by atoms with Crippen molar-refractivity contribution >= 4 is 0 Å². The van der Waals surface area contributed by atoms with Gasteiger partial charge in [0, 0.05) is 26.2 Å². The van der Waals surface area contributed by atoms with Crippen LogP contribution in [-0.2, 0) is 0 Å². The summed E-state index contributed by atoms with van der Waals surface area (Å²) in [6.07, 6.45) is 1.94. The molecular weight excluding hydrogens is 248 g/mol. The maximum absolute atomic E-state index is 9.39. The highest BCUT2D eigenvalue weighted by atomic mass is 15.2. The highest BCUT2D eigenvalue weighted by molar-refractivity contribution is 5.03. The Labute approximate surface area is 126 Å². The molecule has 0 radical (unpaired) electrons. The van der Waals surface area contributed by atoms with Crippen LogP contribution in [-0.4, -0.2) is 62.2 Å². The van der Waals surface area contributed by atoms with Crippen LogP contribution in [0, 0.1) is 17.2 Å². The predicted molar refractivity (Wildman–Crippen MR) is 86.8 cm³/mol. The van der Waals surface area contributed by atoms with E-state index in [-0.39, 0.29) is 0 Å². The zero-order valence-corrected chi connectivity index (χ0v) is 14.4. The Kier molecular flexibility index (Phi) is 9.83. The lowest BCUT2D eigenvalue weighted by Gasteiger charge is -2.30. The monoisotopic (exact) mass is 282 g/mol. The van der Waals surface area contributed by atoms with Gasteiger partial charge in [-0.3, -0.25) is 5.32 Å². The first-order valence-corrected chi connectivity index (χ1v) is 7.86. The third-order valence-electron chi connectivity index (χ3n) is 3.43. The number of rotatable bonds is 11. The molecule has 0 aromatic carbocycles. The standard InChI is InChI=1S/C16H34N4/c1-7-9-18-16(4,14-17)8-10-20(13-15(2)3)12-11-19(5)6/h15,18H,7-13H2,1-6H3. The molecule has 4 heteroatoms. The molecule has 4 nitrogen and oxygen atoms in total. The molecule has 1 atom stereocenters. The van der Waals surface area contributed by atoms with Crippen LogP contribution in [0.25, 0.3) is 0 Å². The van der Waals surface area contributed by atoms with E-state index in [0.29, 0.717) is 5.92 Å². The highest BCUT2D eigenvalue weighted by Gasteiger charge is 2.23. The number of likely N-dealkylation sites (N-methyl/N-ethyl adjacent to an activating group) is 1. The Hall–Kier alpha value is -0.630. The van der Waals surface area contributed by atoms with Crippen LogP contribution >= 0.6 is 0 Å². The lowest BCUT2D eigenvalue weighted by molar-refractivity contribution is 0.202. The Balaban J connectivity index is 4.37. The minimum atomic E-state index is -0.399. The summed E-state index contributed by atoms with van der Waals surface area (Å²) in [5.41, 5.74) is -0.399. The van der Waals surface area contributed by atoms with Crippen molar-refractivity contribution in [2.75, 3.05) is 46.8 Å². The second-order valence-electron chi connectivity index (χ2n) is 6.62. The maximum Gasteiger partial charge on any atom is 0.105 e. The van der Waals surface area contributed by atoms with Crippen LogP contribution < -0.4 is 5.32 Å². The minimum Gasteiger partial charge on any atom is -0.308 e. The first kappa shape index (κ1) is 19.4. The summed E-state index contributed by atoms with van der Waals surface area (Å²) in [4.78, 5) is 4.69. The molecule has 0 bridgehead atoms. The van der Waals surface area contributed by atoms with E-state index < -0.39 is 5.54 Å². The summed E-state index contributed by atoms with van der Waals surface area (Å²) < 4.78 is 0. The predicted octanol–water partition coefficient (Wildman–Crippen LogP) is 2.18.